The molecule has 27 heavy (non-hydrogen) atoms. The number of anilines is 1. The number of Topliss-reactive ketones (excluding diaryl/α,β-unsaturated/α-hetero) is 1. The van der Waals surface area contributed by atoms with Crippen LogP contribution in [0.1, 0.15) is 31.1 Å². The smallest absolute Gasteiger partial charge is 0.310 e. The molecule has 0 aromatic heterocycles. The van der Waals surface area contributed by atoms with Crippen molar-refractivity contribution in [2.24, 2.45) is 0 Å². The van der Waals surface area contributed by atoms with E-state index in [9.17, 15) is 19.2 Å². The second-order valence-electron chi connectivity index (χ2n) is 6.19. The summed E-state index contributed by atoms with van der Waals surface area (Å²) < 4.78 is 0. The largest absolute Gasteiger partial charge is 0.436 e. The molecule has 1 heterocycles. The SMILES string of the molecule is CN(C)CC(=O)c1ccc(NC(=O)ON2C(=O)c3ccccc3C2=O)cc1. The molecule has 0 unspecified atom stereocenters. The minimum atomic E-state index is -0.989. The van der Waals surface area contributed by atoms with Crippen LogP contribution in [0.4, 0.5) is 10.5 Å². The number of hydrogen-bond donors (Lipinski definition) is 1. The lowest BCUT2D eigenvalue weighted by atomic mass is 10.1. The first-order valence-corrected chi connectivity index (χ1v) is 8.11. The van der Waals surface area contributed by atoms with Crippen molar-refractivity contribution in [1.82, 2.24) is 9.96 Å². The molecule has 3 amide bonds. The summed E-state index contributed by atoms with van der Waals surface area (Å²) >= 11 is 0. The van der Waals surface area contributed by atoms with Crippen molar-refractivity contribution in [3.63, 3.8) is 0 Å². The topological polar surface area (TPSA) is 96.0 Å². The summed E-state index contributed by atoms with van der Waals surface area (Å²) in [7, 11) is 3.59. The third-order valence-corrected chi connectivity index (χ3v) is 3.84. The molecule has 0 atom stereocenters. The Morgan fingerprint density at radius 3 is 2.04 bits per heavy atom. The van der Waals surface area contributed by atoms with E-state index in [1.54, 1.807) is 43.3 Å². The summed E-state index contributed by atoms with van der Waals surface area (Å²) in [4.78, 5) is 54.9. The van der Waals surface area contributed by atoms with E-state index < -0.39 is 17.9 Å². The number of carbonyl (C=O) groups excluding carboxylic acids is 4. The number of fused-ring (bicyclic) bond motifs is 1. The minimum Gasteiger partial charge on any atom is -0.310 e. The van der Waals surface area contributed by atoms with Crippen LogP contribution >= 0.6 is 0 Å². The fraction of sp³-hybridized carbons (Fsp3) is 0.158. The van der Waals surface area contributed by atoms with E-state index in [0.29, 0.717) is 16.3 Å². The lowest BCUT2D eigenvalue weighted by Gasteiger charge is -2.13. The average molecular weight is 367 g/mol. The molecule has 0 saturated carbocycles. The van der Waals surface area contributed by atoms with Crippen LogP contribution in [0.5, 0.6) is 0 Å². The zero-order chi connectivity index (χ0) is 19.6. The van der Waals surface area contributed by atoms with Crippen molar-refractivity contribution in [1.29, 1.82) is 0 Å². The van der Waals surface area contributed by atoms with E-state index in [-0.39, 0.29) is 23.5 Å². The molecule has 0 radical (unpaired) electrons. The average Bonchev–Trinajstić information content (AvgIpc) is 2.87. The van der Waals surface area contributed by atoms with Gasteiger partial charge in [0.2, 0.25) is 0 Å². The number of nitrogens with one attached hydrogen (secondary N) is 1. The Morgan fingerprint density at radius 1 is 0.963 bits per heavy atom. The normalized spacial score (nSPS) is 12.9. The third kappa shape index (κ3) is 3.85. The highest BCUT2D eigenvalue weighted by molar-refractivity contribution is 6.21. The van der Waals surface area contributed by atoms with Gasteiger partial charge < -0.3 is 9.74 Å². The Labute approximate surface area is 155 Å². The summed E-state index contributed by atoms with van der Waals surface area (Å²) in [5.41, 5.74) is 1.22. The van der Waals surface area contributed by atoms with E-state index in [0.717, 1.165) is 0 Å². The highest BCUT2D eigenvalue weighted by Crippen LogP contribution is 2.23. The summed E-state index contributed by atoms with van der Waals surface area (Å²) in [6.45, 7) is 0.272. The molecule has 8 heteroatoms. The summed E-state index contributed by atoms with van der Waals surface area (Å²) in [5, 5.41) is 2.84. The standard InChI is InChI=1S/C19H17N3O5/c1-21(2)11-16(23)12-7-9-13(10-8-12)20-19(26)27-22-17(24)14-5-3-4-6-15(14)18(22)25/h3-10H,11H2,1-2H3,(H,20,26). The van der Waals surface area contributed by atoms with Gasteiger partial charge in [0.1, 0.15) is 0 Å². The lowest BCUT2D eigenvalue weighted by Crippen LogP contribution is -2.34. The Kier molecular flexibility index (Phi) is 5.00. The number of likely N-dealkylation sites (N-methyl/N-ethyl adjacent to an activating group) is 1. The summed E-state index contributed by atoms with van der Waals surface area (Å²) in [5.74, 6) is -1.45. The van der Waals surface area contributed by atoms with Gasteiger partial charge in [0, 0.05) is 11.3 Å². The molecule has 0 fully saturated rings. The Bertz CT molecular complexity index is 886. The molecular formula is C19H17N3O5. The zero-order valence-electron chi connectivity index (χ0n) is 14.8. The first kappa shape index (κ1) is 18.3. The van der Waals surface area contributed by atoms with Crippen LogP contribution in [-0.2, 0) is 4.84 Å². The molecule has 1 aliphatic rings. The molecule has 2 aromatic carbocycles. The molecule has 138 valence electrons. The predicted molar refractivity (Wildman–Crippen MR) is 96.4 cm³/mol. The Hall–Kier alpha value is -3.52. The quantitative estimate of drug-likeness (QED) is 0.643. The molecular weight excluding hydrogens is 350 g/mol. The third-order valence-electron chi connectivity index (χ3n) is 3.84. The van der Waals surface area contributed by atoms with Crippen LogP contribution < -0.4 is 5.32 Å². The molecule has 2 aromatic rings. The van der Waals surface area contributed by atoms with Crippen molar-refractivity contribution in [3.8, 4) is 0 Å². The van der Waals surface area contributed by atoms with E-state index in [4.69, 9.17) is 4.84 Å². The number of benzene rings is 2. The van der Waals surface area contributed by atoms with Gasteiger partial charge in [-0.2, -0.15) is 0 Å². The number of imide groups is 1. The monoisotopic (exact) mass is 367 g/mol. The van der Waals surface area contributed by atoms with Gasteiger partial charge in [-0.15, -0.1) is 0 Å². The molecule has 0 spiro atoms. The number of nitrogens with zero attached hydrogens (tertiary/aromatic N) is 2. The van der Waals surface area contributed by atoms with Crippen LogP contribution in [0.2, 0.25) is 0 Å². The Morgan fingerprint density at radius 2 is 1.52 bits per heavy atom. The van der Waals surface area contributed by atoms with E-state index >= 15 is 0 Å². The maximum atomic E-state index is 12.2. The minimum absolute atomic E-state index is 0.0554. The number of hydroxylamine groups is 2. The van der Waals surface area contributed by atoms with Gasteiger partial charge >= 0.3 is 6.09 Å². The van der Waals surface area contributed by atoms with Crippen LogP contribution in [0.15, 0.2) is 48.5 Å². The first-order valence-electron chi connectivity index (χ1n) is 8.11. The maximum Gasteiger partial charge on any atom is 0.436 e. The van der Waals surface area contributed by atoms with E-state index in [2.05, 4.69) is 5.32 Å². The number of hydrogen-bond acceptors (Lipinski definition) is 6. The fourth-order valence-electron chi connectivity index (χ4n) is 2.59. The zero-order valence-corrected chi connectivity index (χ0v) is 14.8. The summed E-state index contributed by atoms with van der Waals surface area (Å²) in [6, 6.07) is 12.4. The molecule has 3 rings (SSSR count). The molecule has 0 saturated heterocycles. The second-order valence-corrected chi connectivity index (χ2v) is 6.19. The van der Waals surface area contributed by atoms with Crippen LogP contribution in [-0.4, -0.2) is 54.3 Å². The van der Waals surface area contributed by atoms with Gasteiger partial charge in [-0.05, 0) is 50.5 Å². The van der Waals surface area contributed by atoms with Crippen LogP contribution in [0, 0.1) is 0 Å². The van der Waals surface area contributed by atoms with Crippen molar-refractivity contribution in [2.75, 3.05) is 26.0 Å². The lowest BCUT2D eigenvalue weighted by molar-refractivity contribution is -0.0398. The predicted octanol–water partition coefficient (Wildman–Crippen LogP) is 2.19. The van der Waals surface area contributed by atoms with Crippen molar-refractivity contribution >= 4 is 29.4 Å². The van der Waals surface area contributed by atoms with Crippen LogP contribution in [0.25, 0.3) is 0 Å². The summed E-state index contributed by atoms with van der Waals surface area (Å²) in [6.07, 6.45) is -0.989. The van der Waals surface area contributed by atoms with Gasteiger partial charge in [-0.1, -0.05) is 17.2 Å². The highest BCUT2D eigenvalue weighted by atomic mass is 16.7. The first-order chi connectivity index (χ1) is 12.9. The van der Waals surface area contributed by atoms with Crippen LogP contribution in [0.3, 0.4) is 0 Å². The van der Waals surface area contributed by atoms with Crippen molar-refractivity contribution in [2.45, 2.75) is 0 Å². The van der Waals surface area contributed by atoms with Gasteiger partial charge in [0.15, 0.2) is 5.78 Å². The molecule has 0 bridgehead atoms. The number of rotatable bonds is 5. The molecule has 1 N–H and O–H groups in total. The fourth-order valence-corrected chi connectivity index (χ4v) is 2.59. The van der Waals surface area contributed by atoms with Crippen molar-refractivity contribution < 1.29 is 24.0 Å². The maximum absolute atomic E-state index is 12.2. The number of ketones is 1. The van der Waals surface area contributed by atoms with Gasteiger partial charge in [0.25, 0.3) is 11.8 Å². The second kappa shape index (κ2) is 7.38. The highest BCUT2D eigenvalue weighted by Gasteiger charge is 2.38. The van der Waals surface area contributed by atoms with Gasteiger partial charge in [-0.3, -0.25) is 19.7 Å². The molecule has 0 aliphatic carbocycles. The van der Waals surface area contributed by atoms with Crippen molar-refractivity contribution in [3.05, 3.63) is 65.2 Å². The molecule has 1 aliphatic heterocycles. The van der Waals surface area contributed by atoms with Gasteiger partial charge in [-0.25, -0.2) is 4.79 Å². The molecule has 8 nitrogen and oxygen atoms in total. The van der Waals surface area contributed by atoms with E-state index in [1.807, 2.05) is 0 Å². The number of carbonyl (C=O) groups is 4. The van der Waals surface area contributed by atoms with E-state index in [1.165, 1.54) is 24.3 Å². The number of amides is 3. The Balaban J connectivity index is 1.63. The van der Waals surface area contributed by atoms with Gasteiger partial charge in [0.05, 0.1) is 17.7 Å².